The molecule has 0 N–H and O–H groups in total. The van der Waals surface area contributed by atoms with Crippen LogP contribution in [0.25, 0.3) is 17.2 Å². The molecule has 0 saturated heterocycles. The van der Waals surface area contributed by atoms with Crippen LogP contribution in [0.4, 0.5) is 4.79 Å². The van der Waals surface area contributed by atoms with Crippen molar-refractivity contribution in [2.45, 2.75) is 32.9 Å². The Morgan fingerprint density at radius 3 is 2.54 bits per heavy atom. The van der Waals surface area contributed by atoms with Crippen molar-refractivity contribution in [3.8, 4) is 11.1 Å². The zero-order valence-corrected chi connectivity index (χ0v) is 16.3. The average molecular weight is 377 g/mol. The lowest BCUT2D eigenvalue weighted by Gasteiger charge is -2.22. The van der Waals surface area contributed by atoms with Crippen LogP contribution in [0.1, 0.15) is 32.2 Å². The van der Waals surface area contributed by atoms with E-state index in [9.17, 15) is 9.59 Å². The van der Waals surface area contributed by atoms with Crippen molar-refractivity contribution in [1.82, 2.24) is 14.1 Å². The molecule has 0 radical (unpaired) electrons. The first-order chi connectivity index (χ1) is 13.3. The first-order valence-corrected chi connectivity index (χ1v) is 8.96. The molecule has 6 heteroatoms. The first-order valence-electron chi connectivity index (χ1n) is 8.96. The maximum absolute atomic E-state index is 13.2. The molecule has 0 unspecified atom stereocenters. The second-order valence-corrected chi connectivity index (χ2v) is 7.38. The van der Waals surface area contributed by atoms with Crippen LogP contribution in [0, 0.1) is 0 Å². The van der Waals surface area contributed by atoms with Gasteiger partial charge in [-0.05, 0) is 44.5 Å². The van der Waals surface area contributed by atoms with Gasteiger partial charge in [0.05, 0.1) is 30.5 Å². The van der Waals surface area contributed by atoms with E-state index in [1.807, 2.05) is 34.9 Å². The highest BCUT2D eigenvalue weighted by Gasteiger charge is 2.23. The molecular formula is C22H23N3O3. The monoisotopic (exact) mass is 377 g/mol. The normalized spacial score (nSPS) is 11.2. The minimum absolute atomic E-state index is 0.283. The van der Waals surface area contributed by atoms with Crippen LogP contribution >= 0.6 is 0 Å². The highest BCUT2D eigenvalue weighted by Crippen LogP contribution is 2.18. The molecule has 0 fully saturated rings. The summed E-state index contributed by atoms with van der Waals surface area (Å²) in [5.41, 5.74) is 1.32. The second kappa shape index (κ2) is 7.68. The number of imidazole rings is 1. The standard InChI is InChI=1S/C22H23N3O3/c1-5-17-13-23-15-24(17)14-18-11-12-19(16-9-7-6-8-10-16)20(26)25(18)21(27)28-22(2,3)4/h5-13,15H,1,14H2,2-4H3. The molecule has 2 heterocycles. The molecule has 6 nitrogen and oxygen atoms in total. The number of pyridine rings is 1. The van der Waals surface area contributed by atoms with Crippen molar-refractivity contribution < 1.29 is 9.53 Å². The van der Waals surface area contributed by atoms with Crippen molar-refractivity contribution in [1.29, 1.82) is 0 Å². The number of rotatable bonds is 4. The van der Waals surface area contributed by atoms with Crippen molar-refractivity contribution in [2.24, 2.45) is 0 Å². The Bertz CT molecular complexity index is 1060. The molecule has 0 spiro atoms. The molecule has 1 aromatic carbocycles. The van der Waals surface area contributed by atoms with E-state index in [-0.39, 0.29) is 6.54 Å². The van der Waals surface area contributed by atoms with E-state index in [2.05, 4.69) is 11.6 Å². The Balaban J connectivity index is 2.13. The molecule has 3 rings (SSSR count). The molecule has 2 aromatic heterocycles. The van der Waals surface area contributed by atoms with Gasteiger partial charge in [0.2, 0.25) is 0 Å². The third-order valence-electron chi connectivity index (χ3n) is 4.11. The third kappa shape index (κ3) is 4.11. The van der Waals surface area contributed by atoms with Gasteiger partial charge in [-0.3, -0.25) is 4.79 Å². The van der Waals surface area contributed by atoms with Gasteiger partial charge >= 0.3 is 6.09 Å². The van der Waals surface area contributed by atoms with Crippen molar-refractivity contribution in [3.63, 3.8) is 0 Å². The Morgan fingerprint density at radius 2 is 1.89 bits per heavy atom. The van der Waals surface area contributed by atoms with Crippen LogP contribution < -0.4 is 5.56 Å². The minimum Gasteiger partial charge on any atom is -0.443 e. The summed E-state index contributed by atoms with van der Waals surface area (Å²) in [6.45, 7) is 9.34. The number of carbonyl (C=O) groups is 1. The molecule has 0 aliphatic heterocycles. The molecule has 0 atom stereocenters. The topological polar surface area (TPSA) is 66.1 Å². The molecule has 28 heavy (non-hydrogen) atoms. The smallest absolute Gasteiger partial charge is 0.421 e. The fourth-order valence-electron chi connectivity index (χ4n) is 2.85. The lowest BCUT2D eigenvalue weighted by Crippen LogP contribution is -2.36. The van der Waals surface area contributed by atoms with Crippen LogP contribution in [-0.2, 0) is 11.3 Å². The number of nitrogens with zero attached hydrogens (tertiary/aromatic N) is 3. The average Bonchev–Trinajstić information content (AvgIpc) is 3.08. The van der Waals surface area contributed by atoms with Crippen LogP contribution in [0.2, 0.25) is 0 Å². The van der Waals surface area contributed by atoms with Gasteiger partial charge in [-0.2, -0.15) is 0 Å². The van der Waals surface area contributed by atoms with Gasteiger partial charge in [-0.25, -0.2) is 14.3 Å². The molecule has 3 aromatic rings. The zero-order chi connectivity index (χ0) is 20.3. The van der Waals surface area contributed by atoms with Gasteiger partial charge in [-0.15, -0.1) is 0 Å². The van der Waals surface area contributed by atoms with Gasteiger partial charge in [0, 0.05) is 5.56 Å². The van der Waals surface area contributed by atoms with Gasteiger partial charge in [0.15, 0.2) is 0 Å². The van der Waals surface area contributed by atoms with Crippen LogP contribution in [0.3, 0.4) is 0 Å². The van der Waals surface area contributed by atoms with E-state index >= 15 is 0 Å². The predicted molar refractivity (Wildman–Crippen MR) is 109 cm³/mol. The molecule has 0 saturated carbocycles. The van der Waals surface area contributed by atoms with Crippen LogP contribution in [-0.4, -0.2) is 25.8 Å². The Kier molecular flexibility index (Phi) is 5.31. The maximum Gasteiger partial charge on any atom is 0.421 e. The van der Waals surface area contributed by atoms with E-state index in [0.29, 0.717) is 11.3 Å². The van der Waals surface area contributed by atoms with Gasteiger partial charge in [0.1, 0.15) is 5.60 Å². The van der Waals surface area contributed by atoms with E-state index in [1.165, 1.54) is 0 Å². The fourth-order valence-corrected chi connectivity index (χ4v) is 2.85. The third-order valence-corrected chi connectivity index (χ3v) is 4.11. The largest absolute Gasteiger partial charge is 0.443 e. The van der Waals surface area contributed by atoms with Crippen molar-refractivity contribution >= 4 is 12.2 Å². The lowest BCUT2D eigenvalue weighted by molar-refractivity contribution is 0.0525. The Labute approximate surface area is 163 Å². The number of hydrogen-bond acceptors (Lipinski definition) is 4. The quantitative estimate of drug-likeness (QED) is 0.684. The highest BCUT2D eigenvalue weighted by atomic mass is 16.6. The summed E-state index contributed by atoms with van der Waals surface area (Å²) >= 11 is 0. The molecular weight excluding hydrogens is 354 g/mol. The minimum atomic E-state index is -0.724. The Morgan fingerprint density at radius 1 is 1.18 bits per heavy atom. The van der Waals surface area contributed by atoms with Crippen LogP contribution in [0.15, 0.2) is 66.4 Å². The van der Waals surface area contributed by atoms with Gasteiger partial charge in [0.25, 0.3) is 5.56 Å². The highest BCUT2D eigenvalue weighted by molar-refractivity contribution is 5.74. The van der Waals surface area contributed by atoms with Gasteiger partial charge < -0.3 is 9.30 Å². The molecule has 0 bridgehead atoms. The summed E-state index contributed by atoms with van der Waals surface area (Å²) in [6.07, 6.45) is 4.26. The molecule has 144 valence electrons. The van der Waals surface area contributed by atoms with E-state index in [0.717, 1.165) is 15.8 Å². The number of hydrogen-bond donors (Lipinski definition) is 0. The number of aromatic nitrogens is 3. The van der Waals surface area contributed by atoms with Gasteiger partial charge in [-0.1, -0.05) is 36.9 Å². The first kappa shape index (κ1) is 19.4. The SMILES string of the molecule is C=Cc1cncn1Cc1ccc(-c2ccccc2)c(=O)n1C(=O)OC(C)(C)C. The predicted octanol–water partition coefficient (Wildman–Crippen LogP) is 4.19. The summed E-state index contributed by atoms with van der Waals surface area (Å²) < 4.78 is 8.40. The Hall–Kier alpha value is -3.41. The fraction of sp³-hybridized carbons (Fsp3) is 0.227. The van der Waals surface area contributed by atoms with E-state index < -0.39 is 17.3 Å². The summed E-state index contributed by atoms with van der Waals surface area (Å²) in [5.74, 6) is 0. The molecule has 0 amide bonds. The second-order valence-electron chi connectivity index (χ2n) is 7.38. The van der Waals surface area contributed by atoms with Crippen molar-refractivity contribution in [2.75, 3.05) is 0 Å². The number of ether oxygens (including phenoxy) is 1. The van der Waals surface area contributed by atoms with Crippen LogP contribution in [0.5, 0.6) is 0 Å². The van der Waals surface area contributed by atoms with E-state index in [4.69, 9.17) is 4.74 Å². The number of benzene rings is 1. The summed E-state index contributed by atoms with van der Waals surface area (Å²) in [7, 11) is 0. The summed E-state index contributed by atoms with van der Waals surface area (Å²) in [6, 6.07) is 12.7. The molecule has 0 aliphatic carbocycles. The zero-order valence-electron chi connectivity index (χ0n) is 16.3. The number of carbonyl (C=O) groups excluding carboxylic acids is 1. The lowest BCUT2D eigenvalue weighted by atomic mass is 10.1. The summed E-state index contributed by atoms with van der Waals surface area (Å²) in [5, 5.41) is 0. The van der Waals surface area contributed by atoms with Crippen molar-refractivity contribution in [3.05, 3.63) is 83.3 Å². The molecule has 0 aliphatic rings. The van der Waals surface area contributed by atoms with E-state index in [1.54, 1.807) is 51.5 Å². The maximum atomic E-state index is 13.2. The summed E-state index contributed by atoms with van der Waals surface area (Å²) in [4.78, 5) is 30.2.